The Hall–Kier alpha value is -2.50. The Bertz CT molecular complexity index is 596. The molecule has 1 aliphatic carbocycles. The third-order valence-corrected chi connectivity index (χ3v) is 3.39. The van der Waals surface area contributed by atoms with Crippen molar-refractivity contribution in [1.82, 2.24) is 9.97 Å². The highest BCUT2D eigenvalue weighted by molar-refractivity contribution is 5.36. The van der Waals surface area contributed by atoms with Crippen LogP contribution in [0.5, 0.6) is 0 Å². The van der Waals surface area contributed by atoms with Gasteiger partial charge in [0.05, 0.1) is 11.0 Å². The zero-order valence-corrected chi connectivity index (χ0v) is 10.8. The number of nitrogens with one attached hydrogen (secondary N) is 1. The molecule has 0 aliphatic heterocycles. The number of hydrogen-bond donors (Lipinski definition) is 1. The van der Waals surface area contributed by atoms with E-state index in [-0.39, 0.29) is 11.7 Å². The predicted molar refractivity (Wildman–Crippen MR) is 74.2 cm³/mol. The Morgan fingerprint density at radius 1 is 1.20 bits per heavy atom. The zero-order chi connectivity index (χ0) is 13.9. The van der Waals surface area contributed by atoms with Crippen molar-refractivity contribution in [3.63, 3.8) is 0 Å². The number of aromatic nitrogens is 2. The largest absolute Gasteiger partial charge is 0.347 e. The van der Waals surface area contributed by atoms with E-state index in [0.717, 1.165) is 0 Å². The molecule has 0 saturated heterocycles. The van der Waals surface area contributed by atoms with Crippen LogP contribution >= 0.6 is 0 Å². The fourth-order valence-corrected chi connectivity index (χ4v) is 2.19. The molecule has 1 N–H and O–H groups in total. The summed E-state index contributed by atoms with van der Waals surface area (Å²) in [6.07, 6.45) is 4.81. The van der Waals surface area contributed by atoms with E-state index in [2.05, 4.69) is 27.4 Å². The van der Waals surface area contributed by atoms with E-state index in [1.807, 2.05) is 18.2 Å². The molecule has 1 unspecified atom stereocenters. The van der Waals surface area contributed by atoms with Gasteiger partial charge < -0.3 is 5.32 Å². The van der Waals surface area contributed by atoms with E-state index in [1.54, 1.807) is 0 Å². The number of nitrogens with zero attached hydrogens (tertiary/aromatic N) is 3. The average molecular weight is 270 g/mol. The van der Waals surface area contributed by atoms with Crippen LogP contribution in [0.3, 0.4) is 0 Å². The second-order valence-electron chi connectivity index (χ2n) is 4.89. The van der Waals surface area contributed by atoms with Crippen LogP contribution in [0.2, 0.25) is 0 Å². The summed E-state index contributed by atoms with van der Waals surface area (Å²) in [5.41, 5.74) is 1.09. The molecule has 1 aliphatic rings. The number of rotatable bonds is 5. The summed E-state index contributed by atoms with van der Waals surface area (Å²) >= 11 is 0. The highest BCUT2D eigenvalue weighted by atomic mass is 16.6. The minimum atomic E-state index is -0.501. The molecule has 1 aromatic carbocycles. The van der Waals surface area contributed by atoms with Gasteiger partial charge in [-0.2, -0.15) is 0 Å². The van der Waals surface area contributed by atoms with Crippen molar-refractivity contribution >= 4 is 11.6 Å². The van der Waals surface area contributed by atoms with Crippen molar-refractivity contribution < 1.29 is 4.92 Å². The van der Waals surface area contributed by atoms with Gasteiger partial charge in [-0.05, 0) is 24.3 Å². The fraction of sp³-hybridized carbons (Fsp3) is 0.286. The third kappa shape index (κ3) is 2.74. The molecule has 6 nitrogen and oxygen atoms in total. The van der Waals surface area contributed by atoms with Gasteiger partial charge in [-0.1, -0.05) is 30.3 Å². The molecule has 1 heterocycles. The lowest BCUT2D eigenvalue weighted by Gasteiger charge is -2.18. The van der Waals surface area contributed by atoms with Crippen molar-refractivity contribution in [2.45, 2.75) is 18.9 Å². The highest BCUT2D eigenvalue weighted by Gasteiger charge is 2.32. The standard InChI is InChI=1S/C14H14N4O2/c19-18(20)12-8-15-14(16-9-12)17-13(11-6-7-11)10-4-2-1-3-5-10/h1-5,8-9,11,13H,6-7H2,(H,15,16,17). The van der Waals surface area contributed by atoms with Crippen molar-refractivity contribution in [3.05, 3.63) is 58.4 Å². The maximum atomic E-state index is 10.6. The van der Waals surface area contributed by atoms with Crippen molar-refractivity contribution in [2.24, 2.45) is 5.92 Å². The van der Waals surface area contributed by atoms with E-state index in [4.69, 9.17) is 0 Å². The molecular weight excluding hydrogens is 256 g/mol. The van der Waals surface area contributed by atoms with Gasteiger partial charge in [0.2, 0.25) is 5.95 Å². The summed E-state index contributed by atoms with van der Waals surface area (Å²) in [5, 5.41) is 13.9. The fourth-order valence-electron chi connectivity index (χ4n) is 2.19. The number of anilines is 1. The third-order valence-electron chi connectivity index (χ3n) is 3.39. The lowest BCUT2D eigenvalue weighted by atomic mass is 10.0. The predicted octanol–water partition coefficient (Wildman–Crippen LogP) is 2.95. The van der Waals surface area contributed by atoms with Gasteiger partial charge in [-0.3, -0.25) is 10.1 Å². The summed E-state index contributed by atoms with van der Waals surface area (Å²) in [4.78, 5) is 18.1. The second kappa shape index (κ2) is 5.24. The molecule has 1 aromatic heterocycles. The summed E-state index contributed by atoms with van der Waals surface area (Å²) in [6, 6.07) is 10.3. The lowest BCUT2D eigenvalue weighted by molar-refractivity contribution is -0.385. The number of benzene rings is 1. The van der Waals surface area contributed by atoms with Crippen LogP contribution in [0.1, 0.15) is 24.4 Å². The highest BCUT2D eigenvalue weighted by Crippen LogP contribution is 2.42. The van der Waals surface area contributed by atoms with Gasteiger partial charge in [0.15, 0.2) is 0 Å². The molecule has 0 radical (unpaired) electrons. The van der Waals surface area contributed by atoms with E-state index in [9.17, 15) is 10.1 Å². The van der Waals surface area contributed by atoms with Crippen LogP contribution in [0.15, 0.2) is 42.7 Å². The van der Waals surface area contributed by atoms with Crippen LogP contribution in [-0.2, 0) is 0 Å². The van der Waals surface area contributed by atoms with E-state index < -0.39 is 4.92 Å². The Labute approximate surface area is 116 Å². The minimum Gasteiger partial charge on any atom is -0.347 e. The molecule has 3 rings (SSSR count). The first-order valence-corrected chi connectivity index (χ1v) is 6.52. The number of hydrogen-bond acceptors (Lipinski definition) is 5. The average Bonchev–Trinajstić information content (AvgIpc) is 3.31. The summed E-state index contributed by atoms with van der Waals surface area (Å²) in [7, 11) is 0. The Morgan fingerprint density at radius 3 is 2.40 bits per heavy atom. The Kier molecular flexibility index (Phi) is 3.28. The minimum absolute atomic E-state index is 0.0989. The molecule has 20 heavy (non-hydrogen) atoms. The summed E-state index contributed by atoms with van der Waals surface area (Å²) in [5.74, 6) is 1.01. The zero-order valence-electron chi connectivity index (χ0n) is 10.8. The van der Waals surface area contributed by atoms with Crippen molar-refractivity contribution in [2.75, 3.05) is 5.32 Å². The molecule has 6 heteroatoms. The Balaban J connectivity index is 1.78. The van der Waals surface area contributed by atoms with Gasteiger partial charge in [-0.15, -0.1) is 0 Å². The smallest absolute Gasteiger partial charge is 0.305 e. The first-order valence-electron chi connectivity index (χ1n) is 6.52. The monoisotopic (exact) mass is 270 g/mol. The second-order valence-corrected chi connectivity index (χ2v) is 4.89. The molecule has 102 valence electrons. The number of nitro groups is 1. The van der Waals surface area contributed by atoms with Crippen LogP contribution < -0.4 is 5.32 Å². The molecule has 2 aromatic rings. The van der Waals surface area contributed by atoms with Crippen molar-refractivity contribution in [3.8, 4) is 0 Å². The Morgan fingerprint density at radius 2 is 1.85 bits per heavy atom. The van der Waals surface area contributed by atoms with Crippen LogP contribution in [0.4, 0.5) is 11.6 Å². The molecule has 1 atom stereocenters. The van der Waals surface area contributed by atoms with Gasteiger partial charge in [0.1, 0.15) is 12.4 Å². The summed E-state index contributed by atoms with van der Waals surface area (Å²) in [6.45, 7) is 0. The normalized spacial score (nSPS) is 15.6. The molecule has 0 bridgehead atoms. The van der Waals surface area contributed by atoms with Gasteiger partial charge in [0.25, 0.3) is 0 Å². The van der Waals surface area contributed by atoms with Gasteiger partial charge in [0, 0.05) is 0 Å². The van der Waals surface area contributed by atoms with Crippen LogP contribution in [0, 0.1) is 16.0 Å². The first kappa shape index (κ1) is 12.5. The maximum absolute atomic E-state index is 10.6. The topological polar surface area (TPSA) is 81.0 Å². The van der Waals surface area contributed by atoms with Crippen molar-refractivity contribution in [1.29, 1.82) is 0 Å². The van der Waals surface area contributed by atoms with E-state index in [1.165, 1.54) is 30.8 Å². The molecule has 0 amide bonds. The van der Waals surface area contributed by atoms with Crippen LogP contribution in [0.25, 0.3) is 0 Å². The van der Waals surface area contributed by atoms with Crippen LogP contribution in [-0.4, -0.2) is 14.9 Å². The van der Waals surface area contributed by atoms with Gasteiger partial charge >= 0.3 is 5.69 Å². The summed E-state index contributed by atoms with van der Waals surface area (Å²) < 4.78 is 0. The quantitative estimate of drug-likeness (QED) is 0.667. The molecule has 1 saturated carbocycles. The van der Waals surface area contributed by atoms with E-state index in [0.29, 0.717) is 11.9 Å². The molecular formula is C14H14N4O2. The lowest BCUT2D eigenvalue weighted by Crippen LogP contribution is -2.14. The maximum Gasteiger partial charge on any atom is 0.305 e. The molecule has 1 fully saturated rings. The molecule has 0 spiro atoms. The first-order chi connectivity index (χ1) is 9.74. The van der Waals surface area contributed by atoms with E-state index >= 15 is 0 Å². The van der Waals surface area contributed by atoms with Gasteiger partial charge in [-0.25, -0.2) is 9.97 Å². The SMILES string of the molecule is O=[N+]([O-])c1cnc(NC(c2ccccc2)C2CC2)nc1.